The number of nitrogens with zero attached hydrogens (tertiary/aromatic N) is 1. The van der Waals surface area contributed by atoms with E-state index in [1.807, 2.05) is 6.07 Å². The van der Waals surface area contributed by atoms with Crippen LogP contribution in [0.2, 0.25) is 0 Å². The molecule has 104 valence electrons. The molecule has 19 heavy (non-hydrogen) atoms. The van der Waals surface area contributed by atoms with Gasteiger partial charge in [0.2, 0.25) is 0 Å². The third-order valence-electron chi connectivity index (χ3n) is 3.46. The van der Waals surface area contributed by atoms with E-state index < -0.39 is 7.12 Å². The van der Waals surface area contributed by atoms with E-state index in [0.29, 0.717) is 17.3 Å². The first-order valence-electron chi connectivity index (χ1n) is 6.46. The summed E-state index contributed by atoms with van der Waals surface area (Å²) in [4.78, 5) is 2.32. The van der Waals surface area contributed by atoms with Gasteiger partial charge in [0.25, 0.3) is 0 Å². The molecule has 0 aliphatic carbocycles. The first-order valence-corrected chi connectivity index (χ1v) is 6.46. The van der Waals surface area contributed by atoms with Crippen molar-refractivity contribution in [2.24, 2.45) is 0 Å². The fourth-order valence-electron chi connectivity index (χ4n) is 2.31. The highest BCUT2D eigenvalue weighted by Gasteiger charge is 2.21. The quantitative estimate of drug-likeness (QED) is 0.725. The number of benzene rings is 1. The van der Waals surface area contributed by atoms with Gasteiger partial charge in [0.1, 0.15) is 5.75 Å². The molecule has 1 aromatic carbocycles. The molecular weight excluding hydrogens is 245 g/mol. The Morgan fingerprint density at radius 2 is 2.26 bits per heavy atom. The summed E-state index contributed by atoms with van der Waals surface area (Å²) in [5, 5.41) is 18.7. The predicted molar refractivity (Wildman–Crippen MR) is 73.5 cm³/mol. The first kappa shape index (κ1) is 14.3. The second-order valence-corrected chi connectivity index (χ2v) is 4.84. The third kappa shape index (κ3) is 3.48. The van der Waals surface area contributed by atoms with Gasteiger partial charge >= 0.3 is 7.12 Å². The summed E-state index contributed by atoms with van der Waals surface area (Å²) in [6.45, 7) is 5.28. The molecule has 1 aliphatic rings. The van der Waals surface area contributed by atoms with Crippen LogP contribution in [0.3, 0.4) is 0 Å². The fraction of sp³-hybridized carbons (Fsp3) is 0.538. The van der Waals surface area contributed by atoms with Crippen molar-refractivity contribution in [2.75, 3.05) is 26.9 Å². The molecule has 0 aromatic heterocycles. The van der Waals surface area contributed by atoms with E-state index in [1.54, 1.807) is 12.1 Å². The minimum atomic E-state index is -1.52. The summed E-state index contributed by atoms with van der Waals surface area (Å²) in [6.07, 6.45) is 0. The van der Waals surface area contributed by atoms with E-state index in [2.05, 4.69) is 11.8 Å². The number of ether oxygens (including phenoxy) is 2. The highest BCUT2D eigenvalue weighted by atomic mass is 16.5. The Balaban J connectivity index is 2.14. The van der Waals surface area contributed by atoms with Crippen LogP contribution in [0.1, 0.15) is 12.5 Å². The average molecular weight is 265 g/mol. The van der Waals surface area contributed by atoms with Gasteiger partial charge in [0, 0.05) is 24.6 Å². The molecule has 1 fully saturated rings. The summed E-state index contributed by atoms with van der Waals surface area (Å²) in [7, 11) is 0.00213. The van der Waals surface area contributed by atoms with Gasteiger partial charge in [-0.15, -0.1) is 0 Å². The molecule has 1 atom stereocenters. The van der Waals surface area contributed by atoms with Gasteiger partial charge in [-0.25, -0.2) is 0 Å². The Morgan fingerprint density at radius 1 is 1.47 bits per heavy atom. The van der Waals surface area contributed by atoms with Crippen LogP contribution < -0.4 is 10.2 Å². The molecule has 1 aromatic rings. The molecule has 1 saturated heterocycles. The van der Waals surface area contributed by atoms with Gasteiger partial charge in [-0.3, -0.25) is 4.90 Å². The summed E-state index contributed by atoms with van der Waals surface area (Å²) in [5.74, 6) is 0.494. The maximum absolute atomic E-state index is 9.36. The van der Waals surface area contributed by atoms with Crippen LogP contribution in [-0.4, -0.2) is 55.0 Å². The number of methoxy groups -OCH3 is 1. The van der Waals surface area contributed by atoms with Crippen molar-refractivity contribution in [2.45, 2.75) is 19.5 Å². The molecule has 5 nitrogen and oxygen atoms in total. The number of hydrogen-bond acceptors (Lipinski definition) is 5. The summed E-state index contributed by atoms with van der Waals surface area (Å²) in [5.41, 5.74) is 1.44. The minimum absolute atomic E-state index is 0.373. The fourth-order valence-corrected chi connectivity index (χ4v) is 2.31. The molecule has 0 amide bonds. The van der Waals surface area contributed by atoms with Gasteiger partial charge in [-0.2, -0.15) is 0 Å². The second kappa shape index (κ2) is 6.39. The monoisotopic (exact) mass is 265 g/mol. The molecule has 1 aliphatic heterocycles. The standard InChI is InChI=1S/C13H20BNO4/c1-10-9-19-6-5-15(10)8-11-3-4-13(18-2)12(7-11)14(16)17/h3-4,7,10,16-17H,5-6,8-9H2,1-2H3. The summed E-state index contributed by atoms with van der Waals surface area (Å²) < 4.78 is 10.5. The molecule has 1 unspecified atom stereocenters. The molecule has 0 radical (unpaired) electrons. The third-order valence-corrected chi connectivity index (χ3v) is 3.46. The lowest BCUT2D eigenvalue weighted by atomic mass is 9.78. The Bertz CT molecular complexity index is 427. The second-order valence-electron chi connectivity index (χ2n) is 4.84. The van der Waals surface area contributed by atoms with E-state index in [1.165, 1.54) is 7.11 Å². The van der Waals surface area contributed by atoms with Crippen LogP contribution in [-0.2, 0) is 11.3 Å². The highest BCUT2D eigenvalue weighted by Crippen LogP contribution is 2.15. The van der Waals surface area contributed by atoms with Crippen LogP contribution in [0.5, 0.6) is 5.75 Å². The van der Waals surface area contributed by atoms with Crippen molar-refractivity contribution >= 4 is 12.6 Å². The maximum atomic E-state index is 9.36. The van der Waals surface area contributed by atoms with Gasteiger partial charge < -0.3 is 19.5 Å². The van der Waals surface area contributed by atoms with Crippen molar-refractivity contribution in [1.82, 2.24) is 4.90 Å². The van der Waals surface area contributed by atoms with Crippen molar-refractivity contribution < 1.29 is 19.5 Å². The van der Waals surface area contributed by atoms with Gasteiger partial charge in [0.15, 0.2) is 0 Å². The molecule has 2 N–H and O–H groups in total. The zero-order chi connectivity index (χ0) is 13.8. The molecule has 6 heteroatoms. The molecule has 0 spiro atoms. The molecule has 0 saturated carbocycles. The van der Waals surface area contributed by atoms with Crippen molar-refractivity contribution in [1.29, 1.82) is 0 Å². The van der Waals surface area contributed by atoms with Crippen LogP contribution in [0, 0.1) is 0 Å². The lowest BCUT2D eigenvalue weighted by Gasteiger charge is -2.33. The largest absolute Gasteiger partial charge is 0.497 e. The Kier molecular flexibility index (Phi) is 4.82. The topological polar surface area (TPSA) is 62.2 Å². The van der Waals surface area contributed by atoms with Crippen molar-refractivity contribution in [3.05, 3.63) is 23.8 Å². The van der Waals surface area contributed by atoms with E-state index in [0.717, 1.165) is 31.9 Å². The Morgan fingerprint density at radius 3 is 2.89 bits per heavy atom. The summed E-state index contributed by atoms with van der Waals surface area (Å²) >= 11 is 0. The molecular formula is C13H20BNO4. The van der Waals surface area contributed by atoms with E-state index in [9.17, 15) is 10.0 Å². The van der Waals surface area contributed by atoms with Crippen LogP contribution >= 0.6 is 0 Å². The number of morpholine rings is 1. The van der Waals surface area contributed by atoms with Crippen LogP contribution in [0.4, 0.5) is 0 Å². The zero-order valence-electron chi connectivity index (χ0n) is 11.4. The van der Waals surface area contributed by atoms with Crippen LogP contribution in [0.15, 0.2) is 18.2 Å². The SMILES string of the molecule is COc1ccc(CN2CCOCC2C)cc1B(O)O. The van der Waals surface area contributed by atoms with Crippen molar-refractivity contribution in [3.63, 3.8) is 0 Å². The smallest absolute Gasteiger partial charge is 0.492 e. The molecule has 0 bridgehead atoms. The molecule has 2 rings (SSSR count). The normalized spacial score (nSPS) is 20.3. The maximum Gasteiger partial charge on any atom is 0.492 e. The average Bonchev–Trinajstić information content (AvgIpc) is 2.41. The van der Waals surface area contributed by atoms with Gasteiger partial charge in [0.05, 0.1) is 20.3 Å². The lowest BCUT2D eigenvalue weighted by molar-refractivity contribution is -0.00436. The number of rotatable bonds is 4. The predicted octanol–water partition coefficient (Wildman–Crippen LogP) is -0.404. The first-order chi connectivity index (χ1) is 9.11. The minimum Gasteiger partial charge on any atom is -0.497 e. The Hall–Kier alpha value is -1.08. The number of hydrogen-bond donors (Lipinski definition) is 2. The highest BCUT2D eigenvalue weighted by molar-refractivity contribution is 6.59. The lowest BCUT2D eigenvalue weighted by Crippen LogP contribution is -2.43. The zero-order valence-corrected chi connectivity index (χ0v) is 11.4. The van der Waals surface area contributed by atoms with Gasteiger partial charge in [-0.1, -0.05) is 12.1 Å². The Labute approximate surface area is 113 Å². The summed E-state index contributed by atoms with van der Waals surface area (Å²) in [6, 6.07) is 5.88. The van der Waals surface area contributed by atoms with E-state index in [4.69, 9.17) is 9.47 Å². The van der Waals surface area contributed by atoms with E-state index >= 15 is 0 Å². The van der Waals surface area contributed by atoms with Crippen LogP contribution in [0.25, 0.3) is 0 Å². The van der Waals surface area contributed by atoms with Crippen molar-refractivity contribution in [3.8, 4) is 5.75 Å². The molecule has 1 heterocycles. The van der Waals surface area contributed by atoms with E-state index in [-0.39, 0.29) is 0 Å². The van der Waals surface area contributed by atoms with Gasteiger partial charge in [-0.05, 0) is 18.6 Å².